The second-order valence-corrected chi connectivity index (χ2v) is 5.04. The van der Waals surface area contributed by atoms with Gasteiger partial charge in [-0.15, -0.1) is 0 Å². The van der Waals surface area contributed by atoms with Crippen LogP contribution in [0.1, 0.15) is 18.4 Å². The molecule has 7 nitrogen and oxygen atoms in total. The van der Waals surface area contributed by atoms with Crippen LogP contribution in [-0.2, 0) is 9.59 Å². The molecule has 2 aromatic rings. The molecular formula is C16H17NO6. The maximum absolute atomic E-state index is 11.6. The largest absolute Gasteiger partial charge is 0.484 e. The number of ether oxygens (including phenoxy) is 1. The van der Waals surface area contributed by atoms with E-state index in [2.05, 4.69) is 5.32 Å². The zero-order valence-electron chi connectivity index (χ0n) is 12.6. The number of fused-ring (bicyclic) bond motifs is 1. The molecule has 1 amide bonds. The first kappa shape index (κ1) is 16.5. The lowest BCUT2D eigenvalue weighted by Crippen LogP contribution is -2.29. The number of benzene rings is 1. The molecular weight excluding hydrogens is 302 g/mol. The van der Waals surface area contributed by atoms with E-state index in [0.29, 0.717) is 17.8 Å². The van der Waals surface area contributed by atoms with Crippen molar-refractivity contribution in [1.82, 2.24) is 5.32 Å². The molecule has 0 saturated heterocycles. The molecule has 0 aliphatic rings. The number of aliphatic carboxylic acids is 1. The fourth-order valence-corrected chi connectivity index (χ4v) is 2.06. The van der Waals surface area contributed by atoms with Gasteiger partial charge in [-0.3, -0.25) is 9.59 Å². The van der Waals surface area contributed by atoms with E-state index in [1.54, 1.807) is 18.2 Å². The molecule has 1 heterocycles. The molecule has 0 fully saturated rings. The van der Waals surface area contributed by atoms with E-state index in [-0.39, 0.29) is 25.5 Å². The summed E-state index contributed by atoms with van der Waals surface area (Å²) in [6.07, 6.45) is 0.367. The Morgan fingerprint density at radius 2 is 2.09 bits per heavy atom. The summed E-state index contributed by atoms with van der Waals surface area (Å²) in [6, 6.07) is 6.41. The van der Waals surface area contributed by atoms with E-state index in [0.717, 1.165) is 10.9 Å². The van der Waals surface area contributed by atoms with Gasteiger partial charge in [0, 0.05) is 30.5 Å². The van der Waals surface area contributed by atoms with Gasteiger partial charge in [-0.05, 0) is 31.0 Å². The SMILES string of the molecule is Cc1cc(=O)oc2cc(OCC(=O)NCCCC(=O)O)ccc12. The van der Waals surface area contributed by atoms with Gasteiger partial charge >= 0.3 is 11.6 Å². The Labute approximate surface area is 131 Å². The van der Waals surface area contributed by atoms with Crippen LogP contribution < -0.4 is 15.7 Å². The van der Waals surface area contributed by atoms with Crippen LogP contribution >= 0.6 is 0 Å². The van der Waals surface area contributed by atoms with E-state index in [1.165, 1.54) is 6.07 Å². The van der Waals surface area contributed by atoms with Gasteiger partial charge in [0.1, 0.15) is 11.3 Å². The highest BCUT2D eigenvalue weighted by Crippen LogP contribution is 2.22. The van der Waals surface area contributed by atoms with Crippen LogP contribution in [0.2, 0.25) is 0 Å². The van der Waals surface area contributed by atoms with Crippen LogP contribution in [-0.4, -0.2) is 30.1 Å². The summed E-state index contributed by atoms with van der Waals surface area (Å²) in [5, 5.41) is 11.9. The molecule has 0 bridgehead atoms. The maximum Gasteiger partial charge on any atom is 0.336 e. The van der Waals surface area contributed by atoms with Gasteiger partial charge in [-0.2, -0.15) is 0 Å². The van der Waals surface area contributed by atoms with Gasteiger partial charge in [-0.25, -0.2) is 4.79 Å². The predicted molar refractivity (Wildman–Crippen MR) is 82.6 cm³/mol. The van der Waals surface area contributed by atoms with Gasteiger partial charge in [0.2, 0.25) is 0 Å². The first-order valence-corrected chi connectivity index (χ1v) is 7.11. The molecule has 0 radical (unpaired) electrons. The average molecular weight is 319 g/mol. The Bertz CT molecular complexity index is 780. The van der Waals surface area contributed by atoms with Crippen molar-refractivity contribution in [3.05, 3.63) is 40.2 Å². The number of hydrogen-bond donors (Lipinski definition) is 2. The predicted octanol–water partition coefficient (Wildman–Crippen LogP) is 1.46. The Kier molecular flexibility index (Phi) is 5.35. The zero-order valence-corrected chi connectivity index (χ0v) is 12.6. The summed E-state index contributed by atoms with van der Waals surface area (Å²) in [5.41, 5.74) is 0.761. The lowest BCUT2D eigenvalue weighted by atomic mass is 10.1. The monoisotopic (exact) mass is 319 g/mol. The van der Waals surface area contributed by atoms with Crippen LogP contribution in [0.4, 0.5) is 0 Å². The van der Waals surface area contributed by atoms with Crippen LogP contribution in [0, 0.1) is 6.92 Å². The summed E-state index contributed by atoms with van der Waals surface area (Å²) in [4.78, 5) is 33.3. The third kappa shape index (κ3) is 4.84. The first-order valence-electron chi connectivity index (χ1n) is 7.11. The number of carbonyl (C=O) groups excluding carboxylic acids is 1. The summed E-state index contributed by atoms with van der Waals surface area (Å²) >= 11 is 0. The highest BCUT2D eigenvalue weighted by atomic mass is 16.5. The topological polar surface area (TPSA) is 106 Å². The molecule has 0 aliphatic carbocycles. The van der Waals surface area contributed by atoms with Gasteiger partial charge < -0.3 is 19.6 Å². The Morgan fingerprint density at radius 3 is 2.83 bits per heavy atom. The Hall–Kier alpha value is -2.83. The first-order chi connectivity index (χ1) is 11.0. The molecule has 1 aromatic heterocycles. The molecule has 7 heteroatoms. The van der Waals surface area contributed by atoms with E-state index in [9.17, 15) is 14.4 Å². The van der Waals surface area contributed by atoms with Gasteiger partial charge in [0.05, 0.1) is 0 Å². The highest BCUT2D eigenvalue weighted by molar-refractivity contribution is 5.81. The molecule has 0 atom stereocenters. The zero-order chi connectivity index (χ0) is 16.8. The van der Waals surface area contributed by atoms with E-state index >= 15 is 0 Å². The number of hydrogen-bond acceptors (Lipinski definition) is 5. The normalized spacial score (nSPS) is 10.5. The fraction of sp³-hybridized carbons (Fsp3) is 0.312. The van der Waals surface area contributed by atoms with Crippen LogP contribution in [0.25, 0.3) is 11.0 Å². The summed E-state index contributed by atoms with van der Waals surface area (Å²) in [7, 11) is 0. The van der Waals surface area contributed by atoms with Gasteiger partial charge in [-0.1, -0.05) is 0 Å². The maximum atomic E-state index is 11.6. The van der Waals surface area contributed by atoms with Crippen molar-refractivity contribution in [1.29, 1.82) is 0 Å². The number of rotatable bonds is 7. The lowest BCUT2D eigenvalue weighted by Gasteiger charge is -2.08. The number of carboxylic acids is 1. The second-order valence-electron chi connectivity index (χ2n) is 5.04. The number of carbonyl (C=O) groups is 2. The molecule has 23 heavy (non-hydrogen) atoms. The minimum Gasteiger partial charge on any atom is -0.484 e. The number of amides is 1. The molecule has 0 spiro atoms. The molecule has 1 aromatic carbocycles. The fourth-order valence-electron chi connectivity index (χ4n) is 2.06. The smallest absolute Gasteiger partial charge is 0.336 e. The molecule has 0 saturated carbocycles. The van der Waals surface area contributed by atoms with Crippen LogP contribution in [0.5, 0.6) is 5.75 Å². The van der Waals surface area contributed by atoms with Crippen molar-refractivity contribution in [3.63, 3.8) is 0 Å². The minimum atomic E-state index is -0.900. The second kappa shape index (κ2) is 7.44. The standard InChI is InChI=1S/C16H17NO6/c1-10-7-16(21)23-13-8-11(4-5-12(10)13)22-9-14(18)17-6-2-3-15(19)20/h4-5,7-8H,2-3,6,9H2,1H3,(H,17,18)(H,19,20). The third-order valence-corrected chi connectivity index (χ3v) is 3.18. The average Bonchev–Trinajstić information content (AvgIpc) is 2.48. The van der Waals surface area contributed by atoms with Crippen molar-refractivity contribution in [3.8, 4) is 5.75 Å². The van der Waals surface area contributed by atoms with Crippen molar-refractivity contribution < 1.29 is 23.8 Å². The Balaban J connectivity index is 1.90. The number of nitrogens with one attached hydrogen (secondary N) is 1. The van der Waals surface area contributed by atoms with Gasteiger partial charge in [0.15, 0.2) is 6.61 Å². The molecule has 0 aliphatic heterocycles. The molecule has 122 valence electrons. The number of carboxylic acid groups (broad SMARTS) is 1. The quantitative estimate of drug-likeness (QED) is 0.591. The molecule has 2 rings (SSSR count). The summed E-state index contributed by atoms with van der Waals surface area (Å²) < 4.78 is 10.4. The summed E-state index contributed by atoms with van der Waals surface area (Å²) in [5.74, 6) is -0.837. The van der Waals surface area contributed by atoms with Crippen molar-refractivity contribution in [2.45, 2.75) is 19.8 Å². The molecule has 2 N–H and O–H groups in total. The van der Waals surface area contributed by atoms with Crippen molar-refractivity contribution in [2.75, 3.05) is 13.2 Å². The lowest BCUT2D eigenvalue weighted by molar-refractivity contribution is -0.137. The van der Waals surface area contributed by atoms with Crippen LogP contribution in [0.15, 0.2) is 33.5 Å². The molecule has 0 unspecified atom stereocenters. The van der Waals surface area contributed by atoms with E-state index in [1.807, 2.05) is 6.92 Å². The highest BCUT2D eigenvalue weighted by Gasteiger charge is 2.06. The summed E-state index contributed by atoms with van der Waals surface area (Å²) in [6.45, 7) is 1.89. The Morgan fingerprint density at radius 1 is 1.30 bits per heavy atom. The minimum absolute atomic E-state index is 0.00416. The van der Waals surface area contributed by atoms with Gasteiger partial charge in [0.25, 0.3) is 5.91 Å². The van der Waals surface area contributed by atoms with Crippen molar-refractivity contribution in [2.24, 2.45) is 0 Å². The third-order valence-electron chi connectivity index (χ3n) is 3.18. The van der Waals surface area contributed by atoms with E-state index in [4.69, 9.17) is 14.3 Å². The number of aryl methyl sites for hydroxylation is 1. The van der Waals surface area contributed by atoms with Crippen molar-refractivity contribution >= 4 is 22.8 Å². The van der Waals surface area contributed by atoms with Crippen LogP contribution in [0.3, 0.4) is 0 Å². The van der Waals surface area contributed by atoms with E-state index < -0.39 is 11.6 Å².